The first-order chi connectivity index (χ1) is 6.52. The summed E-state index contributed by atoms with van der Waals surface area (Å²) in [6.45, 7) is 1.77. The molecule has 0 saturated carbocycles. The van der Waals surface area contributed by atoms with Gasteiger partial charge in [-0.25, -0.2) is 4.79 Å². The molecule has 0 unspecified atom stereocenters. The van der Waals surface area contributed by atoms with E-state index in [1.54, 1.807) is 13.0 Å². The lowest BCUT2D eigenvalue weighted by Gasteiger charge is -2.05. The Balaban J connectivity index is 3.27. The van der Waals surface area contributed by atoms with Crippen molar-refractivity contribution in [2.75, 3.05) is 0 Å². The Kier molecular flexibility index (Phi) is 3.03. The van der Waals surface area contributed by atoms with E-state index in [1.165, 1.54) is 16.8 Å². The van der Waals surface area contributed by atoms with Crippen LogP contribution in [0.2, 0.25) is 0 Å². The van der Waals surface area contributed by atoms with Crippen LogP contribution in [-0.4, -0.2) is 20.7 Å². The molecule has 0 bridgehead atoms. The maximum Gasteiger partial charge on any atom is 0.329 e. The summed E-state index contributed by atoms with van der Waals surface area (Å²) in [4.78, 5) is 10.3. The number of carboxylic acid groups (broad SMARTS) is 1. The largest absolute Gasteiger partial charge is 0.505 e. The Hall–Kier alpha value is -1.62. The predicted molar refractivity (Wildman–Crippen MR) is 54.6 cm³/mol. The minimum Gasteiger partial charge on any atom is -0.505 e. The van der Waals surface area contributed by atoms with Gasteiger partial charge < -0.3 is 14.8 Å². The Morgan fingerprint density at radius 2 is 2.21 bits per heavy atom. The van der Waals surface area contributed by atoms with Crippen LogP contribution in [0.1, 0.15) is 5.69 Å². The molecule has 0 saturated heterocycles. The molecule has 5 heteroatoms. The molecule has 74 valence electrons. The number of aliphatic carboxylic acids is 1. The first-order valence-electron chi connectivity index (χ1n) is 3.84. The summed E-state index contributed by atoms with van der Waals surface area (Å²) >= 11 is 4.90. The van der Waals surface area contributed by atoms with Crippen LogP contribution in [0, 0.1) is 11.6 Å². The minimum absolute atomic E-state index is 0.0411. The topological polar surface area (TPSA) is 62.5 Å². The Bertz CT molecular complexity index is 448. The highest BCUT2D eigenvalue weighted by Crippen LogP contribution is 2.13. The van der Waals surface area contributed by atoms with Gasteiger partial charge in [0.05, 0.1) is 0 Å². The monoisotopic (exact) mass is 211 g/mol. The number of rotatable bonds is 2. The van der Waals surface area contributed by atoms with E-state index in [4.69, 9.17) is 17.3 Å². The van der Waals surface area contributed by atoms with Crippen molar-refractivity contribution in [3.63, 3.8) is 0 Å². The molecule has 0 aliphatic carbocycles. The SMILES string of the molecule is Cc1ccc(O)c(=S)n1/C=C/C(=O)O. The fraction of sp³-hybridized carbons (Fsp3) is 0.111. The second kappa shape index (κ2) is 4.06. The van der Waals surface area contributed by atoms with Gasteiger partial charge in [-0.15, -0.1) is 0 Å². The second-order valence-electron chi connectivity index (χ2n) is 2.69. The number of pyridine rings is 1. The van der Waals surface area contributed by atoms with Crippen molar-refractivity contribution in [1.29, 1.82) is 0 Å². The van der Waals surface area contributed by atoms with Crippen molar-refractivity contribution in [3.05, 3.63) is 28.5 Å². The van der Waals surface area contributed by atoms with Gasteiger partial charge in [-0.1, -0.05) is 12.2 Å². The van der Waals surface area contributed by atoms with E-state index in [9.17, 15) is 9.90 Å². The fourth-order valence-corrected chi connectivity index (χ4v) is 1.23. The third kappa shape index (κ3) is 2.20. The van der Waals surface area contributed by atoms with Crippen LogP contribution in [0.15, 0.2) is 18.2 Å². The molecule has 1 rings (SSSR count). The number of hydrogen-bond acceptors (Lipinski definition) is 3. The fourth-order valence-electron chi connectivity index (χ4n) is 0.958. The van der Waals surface area contributed by atoms with Crippen LogP contribution < -0.4 is 0 Å². The van der Waals surface area contributed by atoms with Gasteiger partial charge >= 0.3 is 5.97 Å². The van der Waals surface area contributed by atoms with Crippen LogP contribution >= 0.6 is 12.2 Å². The first-order valence-corrected chi connectivity index (χ1v) is 4.25. The third-order valence-electron chi connectivity index (χ3n) is 1.67. The Morgan fingerprint density at radius 1 is 1.57 bits per heavy atom. The molecule has 0 radical (unpaired) electrons. The molecule has 2 N–H and O–H groups in total. The third-order valence-corrected chi connectivity index (χ3v) is 2.07. The standard InChI is InChI=1S/C9H9NO3S/c1-6-2-3-7(11)9(14)10(6)5-4-8(12)13/h2-5,11H,1H3,(H,12,13)/b5-4+. The number of nitrogens with zero attached hydrogens (tertiary/aromatic N) is 1. The van der Waals surface area contributed by atoms with Crippen molar-refractivity contribution < 1.29 is 15.0 Å². The van der Waals surface area contributed by atoms with E-state index in [0.717, 1.165) is 11.8 Å². The summed E-state index contributed by atoms with van der Waals surface area (Å²) < 4.78 is 1.63. The molecule has 0 aliphatic rings. The van der Waals surface area contributed by atoms with E-state index < -0.39 is 5.97 Å². The summed E-state index contributed by atoms with van der Waals surface area (Å²) in [7, 11) is 0. The highest BCUT2D eigenvalue weighted by molar-refractivity contribution is 7.71. The van der Waals surface area contributed by atoms with Crippen LogP contribution in [0.4, 0.5) is 0 Å². The quantitative estimate of drug-likeness (QED) is 0.578. The van der Waals surface area contributed by atoms with Gasteiger partial charge in [-0.05, 0) is 19.1 Å². The zero-order valence-corrected chi connectivity index (χ0v) is 8.28. The number of carbonyl (C=O) groups is 1. The molecule has 1 heterocycles. The van der Waals surface area contributed by atoms with Crippen LogP contribution in [0.5, 0.6) is 5.75 Å². The zero-order valence-electron chi connectivity index (χ0n) is 7.47. The highest BCUT2D eigenvalue weighted by atomic mass is 32.1. The molecular formula is C9H9NO3S. The van der Waals surface area contributed by atoms with E-state index >= 15 is 0 Å². The molecule has 14 heavy (non-hydrogen) atoms. The molecule has 0 spiro atoms. The van der Waals surface area contributed by atoms with Gasteiger partial charge in [-0.3, -0.25) is 0 Å². The first kappa shape index (κ1) is 10.5. The minimum atomic E-state index is -1.06. The van der Waals surface area contributed by atoms with Crippen molar-refractivity contribution in [1.82, 2.24) is 4.57 Å². The van der Waals surface area contributed by atoms with E-state index in [2.05, 4.69) is 0 Å². The molecule has 0 atom stereocenters. The highest BCUT2D eigenvalue weighted by Gasteiger charge is 1.98. The van der Waals surface area contributed by atoms with E-state index in [1.807, 2.05) is 0 Å². The van der Waals surface area contributed by atoms with Gasteiger partial charge in [0.25, 0.3) is 0 Å². The molecule has 0 fully saturated rings. The van der Waals surface area contributed by atoms with Gasteiger partial charge in [0, 0.05) is 18.0 Å². The molecule has 1 aromatic heterocycles. The van der Waals surface area contributed by atoms with Crippen molar-refractivity contribution in [3.8, 4) is 5.75 Å². The van der Waals surface area contributed by atoms with Gasteiger partial charge in [-0.2, -0.15) is 0 Å². The van der Waals surface area contributed by atoms with Crippen molar-refractivity contribution in [2.24, 2.45) is 0 Å². The number of aromatic hydroxyl groups is 1. The van der Waals surface area contributed by atoms with Gasteiger partial charge in [0.2, 0.25) is 0 Å². The summed E-state index contributed by atoms with van der Waals surface area (Å²) in [6.07, 6.45) is 2.27. The summed E-state index contributed by atoms with van der Waals surface area (Å²) in [5.74, 6) is -1.10. The lowest BCUT2D eigenvalue weighted by atomic mass is 10.3. The van der Waals surface area contributed by atoms with E-state index in [-0.39, 0.29) is 10.4 Å². The summed E-state index contributed by atoms with van der Waals surface area (Å²) in [5.41, 5.74) is 0.755. The number of carboxylic acids is 1. The van der Waals surface area contributed by atoms with Crippen molar-refractivity contribution >= 4 is 24.4 Å². The van der Waals surface area contributed by atoms with Crippen LogP contribution in [0.25, 0.3) is 6.20 Å². The molecule has 0 aromatic carbocycles. The average Bonchev–Trinajstić information content (AvgIpc) is 2.11. The van der Waals surface area contributed by atoms with Crippen LogP contribution in [0.3, 0.4) is 0 Å². The molecule has 4 nitrogen and oxygen atoms in total. The van der Waals surface area contributed by atoms with E-state index in [0.29, 0.717) is 0 Å². The lowest BCUT2D eigenvalue weighted by Crippen LogP contribution is -1.97. The molecule has 0 amide bonds. The maximum absolute atomic E-state index is 10.3. The maximum atomic E-state index is 10.3. The normalized spacial score (nSPS) is 10.6. The second-order valence-corrected chi connectivity index (χ2v) is 3.08. The van der Waals surface area contributed by atoms with Gasteiger partial charge in [0.15, 0.2) is 10.4 Å². The van der Waals surface area contributed by atoms with Gasteiger partial charge in [0.1, 0.15) is 0 Å². The van der Waals surface area contributed by atoms with Crippen LogP contribution in [-0.2, 0) is 4.79 Å². The summed E-state index contributed by atoms with van der Waals surface area (Å²) in [5, 5.41) is 17.7. The molecular weight excluding hydrogens is 202 g/mol. The molecule has 0 aliphatic heterocycles. The Morgan fingerprint density at radius 3 is 2.79 bits per heavy atom. The number of aryl methyl sites for hydroxylation is 1. The number of aromatic nitrogens is 1. The van der Waals surface area contributed by atoms with Crippen molar-refractivity contribution in [2.45, 2.75) is 6.92 Å². The number of hydrogen-bond donors (Lipinski definition) is 2. The smallest absolute Gasteiger partial charge is 0.329 e. The zero-order chi connectivity index (χ0) is 10.7. The molecule has 1 aromatic rings. The lowest BCUT2D eigenvalue weighted by molar-refractivity contribution is -0.131. The summed E-state index contributed by atoms with van der Waals surface area (Å²) in [6, 6.07) is 3.13. The average molecular weight is 211 g/mol. The predicted octanol–water partition coefficient (Wildman–Crippen LogP) is 1.79. The Labute approximate surface area is 85.7 Å².